The van der Waals surface area contributed by atoms with Gasteiger partial charge in [-0.05, 0) is 0 Å². The minimum absolute atomic E-state index is 0.237. The molecule has 3 heteroatoms. The summed E-state index contributed by atoms with van der Waals surface area (Å²) in [5, 5.41) is 0. The molecule has 0 saturated heterocycles. The van der Waals surface area contributed by atoms with E-state index in [0.717, 1.165) is 6.42 Å². The van der Waals surface area contributed by atoms with Crippen LogP contribution in [0.25, 0.3) is 0 Å². The normalized spacial score (nSPS) is 9.94. The monoisotopic (exact) mass is 418 g/mol. The van der Waals surface area contributed by atoms with Crippen molar-refractivity contribution in [3.8, 4) is 0 Å². The molecule has 16 heavy (non-hydrogen) atoms. The van der Waals surface area contributed by atoms with E-state index >= 15 is 0 Å². The van der Waals surface area contributed by atoms with Gasteiger partial charge in [-0.1, -0.05) is 0 Å². The first-order chi connectivity index (χ1) is 7.61. The van der Waals surface area contributed by atoms with Crippen molar-refractivity contribution in [1.29, 1.82) is 0 Å². The molecule has 0 spiro atoms. The summed E-state index contributed by atoms with van der Waals surface area (Å²) in [6, 6.07) is 0. The van der Waals surface area contributed by atoms with E-state index < -0.39 is 22.7 Å². The Morgan fingerprint density at radius 2 is 1.75 bits per heavy atom. The Labute approximate surface area is 109 Å². The van der Waals surface area contributed by atoms with Crippen molar-refractivity contribution in [2.24, 2.45) is 0 Å². The molecule has 0 amide bonds. The molecule has 0 aromatic carbocycles. The fourth-order valence-electron chi connectivity index (χ4n) is 1.91. The molecule has 0 bridgehead atoms. The molecule has 0 aromatic rings. The molecule has 0 rings (SSSR count). The molecular weight excluding hydrogens is 393 g/mol. The van der Waals surface area contributed by atoms with E-state index in [-0.39, 0.29) is 5.97 Å². The average molecular weight is 418 g/mol. The summed E-state index contributed by atoms with van der Waals surface area (Å²) < 4.78 is 9.53. The molecule has 0 aliphatic rings. The van der Waals surface area contributed by atoms with Gasteiger partial charge in [-0.3, -0.25) is 0 Å². The molecule has 0 saturated carbocycles. The molecule has 92 valence electrons. The molecule has 0 heterocycles. The Kier molecular flexibility index (Phi) is 10.4. The van der Waals surface area contributed by atoms with E-state index in [1.807, 2.05) is 0 Å². The Bertz CT molecular complexity index is 208. The summed E-state index contributed by atoms with van der Waals surface area (Å²) in [4.78, 5) is 11.1. The topological polar surface area (TPSA) is 26.3 Å². The van der Waals surface area contributed by atoms with Gasteiger partial charge in [0.15, 0.2) is 0 Å². The minimum atomic E-state index is -1.34. The van der Waals surface area contributed by atoms with Crippen LogP contribution in [-0.4, -0.2) is 35.3 Å². The van der Waals surface area contributed by atoms with Crippen molar-refractivity contribution in [2.45, 2.75) is 52.0 Å². The Morgan fingerprint density at radius 1 is 1.19 bits per heavy atom. The number of ether oxygens (including phenoxy) is 1. The molecule has 0 radical (unpaired) electrons. The fourth-order valence-corrected chi connectivity index (χ4v) is 14.5. The molecule has 2 nitrogen and oxygen atoms in total. The number of carbonyl (C=O) groups is 1. The van der Waals surface area contributed by atoms with Crippen LogP contribution < -0.4 is 0 Å². The summed E-state index contributed by atoms with van der Waals surface area (Å²) in [6.07, 6.45) is 3.76. The molecule has 0 aromatic heterocycles. The zero-order valence-corrected chi connectivity index (χ0v) is 15.5. The predicted octanol–water partition coefficient (Wildman–Crippen LogP) is 3.81. The molecule has 0 fully saturated rings. The molecule has 0 aliphatic heterocycles. The van der Waals surface area contributed by atoms with Crippen molar-refractivity contribution in [1.82, 2.24) is 0 Å². The Morgan fingerprint density at radius 3 is 2.19 bits per heavy atom. The number of carbonyl (C=O) groups excluding carboxylic acids is 1. The van der Waals surface area contributed by atoms with Crippen LogP contribution in [0.5, 0.6) is 0 Å². The maximum atomic E-state index is 11.1. The molecule has 0 unspecified atom stereocenters. The summed E-state index contributed by atoms with van der Waals surface area (Å²) in [5.74, 6) is -0.237. The van der Waals surface area contributed by atoms with Crippen molar-refractivity contribution >= 4 is 28.7 Å². The van der Waals surface area contributed by atoms with E-state index in [1.165, 1.54) is 24.8 Å². The zero-order chi connectivity index (χ0) is 12.4. The second kappa shape index (κ2) is 10.3. The van der Waals surface area contributed by atoms with Gasteiger partial charge in [0, 0.05) is 0 Å². The van der Waals surface area contributed by atoms with Crippen LogP contribution in [0.1, 0.15) is 40.0 Å². The molecular formula is C13H25O2Tl. The van der Waals surface area contributed by atoms with Gasteiger partial charge in [0.2, 0.25) is 0 Å². The molecule has 0 atom stereocenters. The van der Waals surface area contributed by atoms with Crippen LogP contribution in [0.4, 0.5) is 0 Å². The second-order valence-electron chi connectivity index (χ2n) is 4.50. The Balaban J connectivity index is 3.61. The molecule has 0 aliphatic carbocycles. The van der Waals surface area contributed by atoms with Gasteiger partial charge in [0.25, 0.3) is 0 Å². The Hall–Kier alpha value is 0.132. The fraction of sp³-hybridized carbons (Fsp3) is 0.769. The van der Waals surface area contributed by atoms with E-state index in [1.54, 1.807) is 6.92 Å². The van der Waals surface area contributed by atoms with Gasteiger partial charge in [0.1, 0.15) is 0 Å². The molecule has 0 N–H and O–H groups in total. The third kappa shape index (κ3) is 8.30. The van der Waals surface area contributed by atoms with Gasteiger partial charge in [-0.2, -0.15) is 0 Å². The number of hydrogen-bond acceptors (Lipinski definition) is 2. The third-order valence-electron chi connectivity index (χ3n) is 2.73. The number of esters is 1. The quantitative estimate of drug-likeness (QED) is 0.247. The van der Waals surface area contributed by atoms with Crippen LogP contribution in [0.3, 0.4) is 0 Å². The van der Waals surface area contributed by atoms with Gasteiger partial charge in [-0.15, -0.1) is 0 Å². The van der Waals surface area contributed by atoms with Crippen LogP contribution in [0, 0.1) is 0 Å². The van der Waals surface area contributed by atoms with Crippen molar-refractivity contribution in [3.05, 3.63) is 12.2 Å². The summed E-state index contributed by atoms with van der Waals surface area (Å²) >= 11 is -1.34. The van der Waals surface area contributed by atoms with Crippen LogP contribution in [0.2, 0.25) is 11.9 Å². The van der Waals surface area contributed by atoms with Gasteiger partial charge < -0.3 is 0 Å². The maximum absolute atomic E-state index is 11.1. The summed E-state index contributed by atoms with van der Waals surface area (Å²) in [7, 11) is 0. The SMILES string of the molecule is C=C(C)C(=O)OCC[CH2][Tl]([CH2]CC)[CH2]CC. The van der Waals surface area contributed by atoms with E-state index in [2.05, 4.69) is 20.4 Å². The second-order valence-corrected chi connectivity index (χ2v) is 18.0. The number of hydrogen-bond donors (Lipinski definition) is 0. The average Bonchev–Trinajstić information content (AvgIpc) is 2.24. The first-order valence-electron chi connectivity index (χ1n) is 6.44. The van der Waals surface area contributed by atoms with Crippen LogP contribution >= 0.6 is 0 Å². The zero-order valence-electron chi connectivity index (χ0n) is 11.1. The van der Waals surface area contributed by atoms with E-state index in [9.17, 15) is 4.79 Å². The standard InChI is InChI=1S/C7H11O2.2C3H7.Tl/c1-4-5-9-7(8)6(2)3;2*1-3-2;/h1-2,4-5H2,3H3;2*1,3H2,2H3;. The van der Waals surface area contributed by atoms with Gasteiger partial charge >= 0.3 is 109 Å². The van der Waals surface area contributed by atoms with Crippen molar-refractivity contribution in [3.63, 3.8) is 0 Å². The van der Waals surface area contributed by atoms with Crippen molar-refractivity contribution < 1.29 is 9.53 Å². The predicted molar refractivity (Wildman–Crippen MR) is 71.1 cm³/mol. The number of rotatable bonds is 9. The third-order valence-corrected chi connectivity index (χ3v) is 18.3. The van der Waals surface area contributed by atoms with Gasteiger partial charge in [0.05, 0.1) is 0 Å². The van der Waals surface area contributed by atoms with E-state index in [4.69, 9.17) is 4.74 Å². The first kappa shape index (κ1) is 16.1. The van der Waals surface area contributed by atoms with Crippen molar-refractivity contribution in [2.75, 3.05) is 6.61 Å². The van der Waals surface area contributed by atoms with Gasteiger partial charge in [-0.25, -0.2) is 0 Å². The summed E-state index contributed by atoms with van der Waals surface area (Å²) in [5.41, 5.74) is 0.503. The first-order valence-corrected chi connectivity index (χ1v) is 16.0. The summed E-state index contributed by atoms with van der Waals surface area (Å²) in [6.45, 7) is 10.4. The van der Waals surface area contributed by atoms with Crippen LogP contribution in [-0.2, 0) is 9.53 Å². The van der Waals surface area contributed by atoms with E-state index in [0.29, 0.717) is 12.2 Å². The van der Waals surface area contributed by atoms with Crippen LogP contribution in [0.15, 0.2) is 12.2 Å².